The van der Waals surface area contributed by atoms with E-state index >= 15 is 0 Å². The van der Waals surface area contributed by atoms with Gasteiger partial charge >= 0.3 is 0 Å². The van der Waals surface area contributed by atoms with Crippen LogP contribution in [0, 0.1) is 5.92 Å². The summed E-state index contributed by atoms with van der Waals surface area (Å²) in [5, 5.41) is 14.8. The monoisotopic (exact) mass is 861 g/mol. The lowest BCUT2D eigenvalue weighted by Crippen LogP contribution is -2.55. The second kappa shape index (κ2) is 20.9. The van der Waals surface area contributed by atoms with E-state index < -0.39 is 46.0 Å². The van der Waals surface area contributed by atoms with Crippen molar-refractivity contribution in [3.63, 3.8) is 0 Å². The molecule has 0 aliphatic heterocycles. The zero-order chi connectivity index (χ0) is 41.7. The van der Waals surface area contributed by atoms with Crippen LogP contribution >= 0.6 is 15.9 Å². The van der Waals surface area contributed by atoms with Crippen LogP contribution in [0.2, 0.25) is 0 Å². The summed E-state index contributed by atoms with van der Waals surface area (Å²) >= 11 is 3.37. The topological polar surface area (TPSA) is 179 Å². The molecule has 0 saturated carbocycles. The van der Waals surface area contributed by atoms with E-state index in [1.807, 2.05) is 57.2 Å². The lowest BCUT2D eigenvalue weighted by molar-refractivity contribution is -0.130. The highest BCUT2D eigenvalue weighted by atomic mass is 79.9. The molecule has 4 amide bonds. The first-order chi connectivity index (χ1) is 27.1. The van der Waals surface area contributed by atoms with Crippen molar-refractivity contribution in [1.82, 2.24) is 31.6 Å². The van der Waals surface area contributed by atoms with Gasteiger partial charge in [0.25, 0.3) is 11.8 Å². The Bertz CT molecular complexity index is 2090. The van der Waals surface area contributed by atoms with Gasteiger partial charge < -0.3 is 26.6 Å². The van der Waals surface area contributed by atoms with Crippen LogP contribution in [-0.2, 0) is 31.8 Å². The number of hydrogen-bond donors (Lipinski definition) is 5. The maximum atomic E-state index is 14.2. The van der Waals surface area contributed by atoms with E-state index in [9.17, 15) is 27.6 Å². The first-order valence-corrected chi connectivity index (χ1v) is 21.2. The summed E-state index contributed by atoms with van der Waals surface area (Å²) in [6.07, 6.45) is 3.65. The third-order valence-corrected chi connectivity index (χ3v) is 11.6. The van der Waals surface area contributed by atoms with Gasteiger partial charge in [-0.2, -0.15) is 0 Å². The molecule has 0 aliphatic carbocycles. The van der Waals surface area contributed by atoms with Gasteiger partial charge in [-0.05, 0) is 86.2 Å². The van der Waals surface area contributed by atoms with Crippen LogP contribution < -0.4 is 30.9 Å². The molecule has 304 valence electrons. The highest BCUT2D eigenvalue weighted by Crippen LogP contribution is 2.25. The van der Waals surface area contributed by atoms with Crippen LogP contribution in [0.3, 0.4) is 0 Å². The predicted molar refractivity (Wildman–Crippen MR) is 226 cm³/mol. The zero-order valence-electron chi connectivity index (χ0n) is 33.1. The third-order valence-electron chi connectivity index (χ3n) is 9.34. The van der Waals surface area contributed by atoms with Crippen molar-refractivity contribution in [2.24, 2.45) is 5.92 Å². The van der Waals surface area contributed by atoms with Crippen LogP contribution in [0.4, 0.5) is 5.69 Å². The highest BCUT2D eigenvalue weighted by Gasteiger charge is 2.27. The summed E-state index contributed by atoms with van der Waals surface area (Å²) in [6, 6.07) is 21.9. The second-order valence-electron chi connectivity index (χ2n) is 14.2. The minimum atomic E-state index is -3.97. The molecule has 0 spiro atoms. The molecule has 13 nitrogen and oxygen atoms in total. The number of amides is 4. The minimum Gasteiger partial charge on any atom is -0.355 e. The molecule has 1 unspecified atom stereocenters. The van der Waals surface area contributed by atoms with Crippen LogP contribution in [0.5, 0.6) is 0 Å². The van der Waals surface area contributed by atoms with Gasteiger partial charge in [0.05, 0.1) is 23.5 Å². The van der Waals surface area contributed by atoms with Gasteiger partial charge in [0, 0.05) is 54.2 Å². The van der Waals surface area contributed by atoms with E-state index in [4.69, 9.17) is 0 Å². The van der Waals surface area contributed by atoms with Crippen molar-refractivity contribution in [3.8, 4) is 0 Å². The summed E-state index contributed by atoms with van der Waals surface area (Å²) in [7, 11) is -2.59. The Balaban J connectivity index is 1.62. The molecular weight excluding hydrogens is 810 g/mol. The fourth-order valence-electron chi connectivity index (χ4n) is 5.95. The molecule has 0 fully saturated rings. The number of hydrogen-bond acceptors (Lipinski definition) is 8. The normalized spacial score (nSPS) is 13.5. The van der Waals surface area contributed by atoms with Gasteiger partial charge in [0.15, 0.2) is 0 Å². The average molecular weight is 863 g/mol. The van der Waals surface area contributed by atoms with Crippen molar-refractivity contribution in [1.29, 1.82) is 0 Å². The van der Waals surface area contributed by atoms with E-state index in [1.54, 1.807) is 56.6 Å². The van der Waals surface area contributed by atoms with Crippen LogP contribution in [0.1, 0.15) is 78.1 Å². The molecule has 0 radical (unpaired) electrons. The first-order valence-electron chi connectivity index (χ1n) is 18.8. The Morgan fingerprint density at radius 3 is 2.04 bits per heavy atom. The summed E-state index contributed by atoms with van der Waals surface area (Å²) in [5.41, 5.74) is 2.50. The molecule has 1 heterocycles. The van der Waals surface area contributed by atoms with Crippen LogP contribution in [0.15, 0.2) is 102 Å². The Hall–Kier alpha value is -5.12. The number of pyridine rings is 1. The van der Waals surface area contributed by atoms with E-state index in [1.165, 1.54) is 25.2 Å². The number of nitrogens with zero attached hydrogens (tertiary/aromatic N) is 2. The number of aromatic nitrogens is 1. The van der Waals surface area contributed by atoms with Crippen molar-refractivity contribution in [2.45, 2.75) is 71.0 Å². The smallest absolute Gasteiger partial charge is 0.251 e. The summed E-state index contributed by atoms with van der Waals surface area (Å²) in [6.45, 7) is 9.59. The minimum absolute atomic E-state index is 0.0583. The molecular formula is C42H52BrN7O6S. The van der Waals surface area contributed by atoms with E-state index in [0.29, 0.717) is 18.5 Å². The van der Waals surface area contributed by atoms with Gasteiger partial charge in [0.2, 0.25) is 21.8 Å². The van der Waals surface area contributed by atoms with Gasteiger partial charge in [-0.25, -0.2) is 8.42 Å². The number of benzene rings is 3. The molecule has 0 saturated heterocycles. The van der Waals surface area contributed by atoms with Crippen molar-refractivity contribution < 1.29 is 27.6 Å². The third kappa shape index (κ3) is 13.2. The number of rotatable bonds is 19. The molecule has 3 aromatic carbocycles. The van der Waals surface area contributed by atoms with Crippen molar-refractivity contribution in [3.05, 3.63) is 130 Å². The quantitative estimate of drug-likeness (QED) is 0.0885. The molecule has 4 rings (SSSR count). The summed E-state index contributed by atoms with van der Waals surface area (Å²) < 4.78 is 29.3. The SMILES string of the molecule is CCNC(=O)[C@@H](NC(=O)[C@H](C)NC[C@H](Cc1ccccc1)NC(=O)c1cc(C(=O)NC(C)c2cccnc2)cc(N(C)S(=O)(=O)Cc2ccc(Br)cc2)c1)C(C)C. The van der Waals surface area contributed by atoms with Crippen LogP contribution in [-0.4, -0.2) is 75.3 Å². The van der Waals surface area contributed by atoms with Crippen LogP contribution in [0.25, 0.3) is 0 Å². The van der Waals surface area contributed by atoms with E-state index in [2.05, 4.69) is 47.5 Å². The van der Waals surface area contributed by atoms with E-state index in [-0.39, 0.29) is 46.8 Å². The summed E-state index contributed by atoms with van der Waals surface area (Å²) in [5.74, 6) is -2.17. The molecule has 4 aromatic rings. The maximum absolute atomic E-state index is 14.2. The number of nitrogens with one attached hydrogen (secondary N) is 5. The zero-order valence-corrected chi connectivity index (χ0v) is 35.5. The molecule has 15 heteroatoms. The molecule has 0 aliphatic rings. The average Bonchev–Trinajstić information content (AvgIpc) is 3.19. The van der Waals surface area contributed by atoms with Gasteiger partial charge in [-0.1, -0.05) is 78.3 Å². The first kappa shape index (κ1) is 44.6. The van der Waals surface area contributed by atoms with Gasteiger partial charge in [-0.15, -0.1) is 0 Å². The van der Waals surface area contributed by atoms with Gasteiger partial charge in [0.1, 0.15) is 6.04 Å². The molecule has 5 N–H and O–H groups in total. The fraction of sp³-hybridized carbons (Fsp3) is 0.357. The lowest BCUT2D eigenvalue weighted by atomic mass is 10.0. The number of likely N-dealkylation sites (N-methyl/N-ethyl adjacent to an activating group) is 1. The number of carbonyl (C=O) groups excluding carboxylic acids is 4. The molecule has 57 heavy (non-hydrogen) atoms. The Morgan fingerprint density at radius 2 is 1.44 bits per heavy atom. The Labute approximate surface area is 344 Å². The van der Waals surface area contributed by atoms with Crippen molar-refractivity contribution >= 4 is 55.3 Å². The second-order valence-corrected chi connectivity index (χ2v) is 17.1. The predicted octanol–water partition coefficient (Wildman–Crippen LogP) is 4.90. The largest absolute Gasteiger partial charge is 0.355 e. The summed E-state index contributed by atoms with van der Waals surface area (Å²) in [4.78, 5) is 57.9. The van der Waals surface area contributed by atoms with E-state index in [0.717, 1.165) is 19.9 Å². The Kier molecular flexibility index (Phi) is 16.3. The fourth-order valence-corrected chi connectivity index (χ4v) is 7.45. The highest BCUT2D eigenvalue weighted by molar-refractivity contribution is 9.10. The molecule has 4 atom stereocenters. The van der Waals surface area contributed by atoms with Crippen molar-refractivity contribution in [2.75, 3.05) is 24.4 Å². The number of sulfonamides is 1. The standard InChI is InChI=1S/C42H52BrN7O6S/c1-7-45-42(54)38(27(2)3)49-39(51)29(5)46-25-36(20-30-12-9-8-10-13-30)48-41(53)34-21-33(40(52)47-28(4)32-14-11-19-44-24-32)22-37(23-34)50(6)57(55,56)26-31-15-17-35(43)18-16-31/h8-19,21-24,27-29,36,38,46H,7,20,25-26H2,1-6H3,(H,45,54)(H,47,52)(H,48,53)(H,49,51)/t28?,29-,36-,38-/m0/s1. The number of anilines is 1. The molecule has 0 bridgehead atoms. The maximum Gasteiger partial charge on any atom is 0.251 e. The number of halogens is 1. The lowest BCUT2D eigenvalue weighted by Gasteiger charge is -2.26. The Morgan fingerprint density at radius 1 is 0.789 bits per heavy atom. The van der Waals surface area contributed by atoms with Gasteiger partial charge in [-0.3, -0.25) is 28.5 Å². The molecule has 1 aromatic heterocycles. The number of carbonyl (C=O) groups is 4.